The van der Waals surface area contributed by atoms with E-state index in [2.05, 4.69) is 31.3 Å². The van der Waals surface area contributed by atoms with Crippen LogP contribution in [0.1, 0.15) is 50.8 Å². The van der Waals surface area contributed by atoms with E-state index in [-0.39, 0.29) is 23.3 Å². The Morgan fingerprint density at radius 2 is 1.80 bits per heavy atom. The Hall–Kier alpha value is -2.28. The molecule has 7 heteroatoms. The van der Waals surface area contributed by atoms with Gasteiger partial charge in [0.15, 0.2) is 11.5 Å². The Morgan fingerprint density at radius 1 is 1.12 bits per heavy atom. The second-order valence-electron chi connectivity index (χ2n) is 6.79. The van der Waals surface area contributed by atoms with Crippen molar-refractivity contribution in [2.75, 3.05) is 0 Å². The molecule has 1 fully saturated rings. The van der Waals surface area contributed by atoms with Gasteiger partial charge in [-0.15, -0.1) is 11.3 Å². The molecule has 0 saturated heterocycles. The highest BCUT2D eigenvalue weighted by atomic mass is 32.1. The average molecular weight is 361 g/mol. The summed E-state index contributed by atoms with van der Waals surface area (Å²) in [5.74, 6) is 0.140. The first kappa shape index (κ1) is 17.5. The fraction of sp³-hybridized carbons (Fsp3) is 0.444. The maximum Gasteiger partial charge on any atom is 0.206 e. The second kappa shape index (κ2) is 6.92. The number of thiazole rings is 1. The Morgan fingerprint density at radius 3 is 2.44 bits per heavy atom. The maximum atomic E-state index is 9.93. The van der Waals surface area contributed by atoms with E-state index in [0.717, 1.165) is 29.4 Å². The van der Waals surface area contributed by atoms with Crippen LogP contribution in [-0.4, -0.2) is 32.3 Å². The standard InChI is InChI=1S/C18H23N3O3S/c1-10(2)11(3)20-18-21(14(9-25-18)12-4-5-12)19-8-13-6-16(23)17(24)7-15(13)22/h6-12,22-24H,4-5H2,1-3H3. The van der Waals surface area contributed by atoms with Crippen LogP contribution in [0.15, 0.2) is 27.6 Å². The van der Waals surface area contributed by atoms with Crippen LogP contribution in [-0.2, 0) is 0 Å². The fourth-order valence-corrected chi connectivity index (χ4v) is 3.30. The van der Waals surface area contributed by atoms with Gasteiger partial charge < -0.3 is 15.3 Å². The van der Waals surface area contributed by atoms with E-state index in [1.165, 1.54) is 12.3 Å². The van der Waals surface area contributed by atoms with E-state index >= 15 is 0 Å². The average Bonchev–Trinajstić information content (AvgIpc) is 3.32. The molecule has 6 nitrogen and oxygen atoms in total. The van der Waals surface area contributed by atoms with Crippen molar-refractivity contribution in [1.29, 1.82) is 0 Å². The van der Waals surface area contributed by atoms with Crippen LogP contribution in [0.2, 0.25) is 0 Å². The molecule has 1 aliphatic rings. The third-order valence-corrected chi connectivity index (χ3v) is 5.27. The molecule has 1 heterocycles. The first-order chi connectivity index (χ1) is 11.9. The molecule has 1 saturated carbocycles. The van der Waals surface area contributed by atoms with Gasteiger partial charge in [0.05, 0.1) is 18.0 Å². The van der Waals surface area contributed by atoms with Crippen LogP contribution in [0.4, 0.5) is 0 Å². The van der Waals surface area contributed by atoms with E-state index in [9.17, 15) is 15.3 Å². The number of phenolic OH excluding ortho intramolecular Hbond substituents is 3. The first-order valence-corrected chi connectivity index (χ1v) is 9.28. The lowest BCUT2D eigenvalue weighted by Gasteiger charge is -2.09. The minimum Gasteiger partial charge on any atom is -0.507 e. The Bertz CT molecular complexity index is 863. The minimum absolute atomic E-state index is 0.142. The molecule has 0 bridgehead atoms. The normalized spacial score (nSPS) is 16.9. The van der Waals surface area contributed by atoms with Gasteiger partial charge in [-0.3, -0.25) is 4.99 Å². The van der Waals surface area contributed by atoms with E-state index in [1.54, 1.807) is 11.3 Å². The van der Waals surface area contributed by atoms with Crippen LogP contribution < -0.4 is 4.80 Å². The molecule has 1 aromatic carbocycles. The predicted octanol–water partition coefficient (Wildman–Crippen LogP) is 3.37. The summed E-state index contributed by atoms with van der Waals surface area (Å²) in [6.45, 7) is 6.35. The highest BCUT2D eigenvalue weighted by Gasteiger charge is 2.27. The maximum absolute atomic E-state index is 9.93. The number of rotatable bonds is 5. The van der Waals surface area contributed by atoms with E-state index < -0.39 is 0 Å². The molecule has 25 heavy (non-hydrogen) atoms. The zero-order chi connectivity index (χ0) is 18.1. The summed E-state index contributed by atoms with van der Waals surface area (Å²) in [6, 6.07) is 2.56. The van der Waals surface area contributed by atoms with E-state index in [0.29, 0.717) is 17.4 Å². The van der Waals surface area contributed by atoms with Gasteiger partial charge in [0.1, 0.15) is 5.75 Å². The highest BCUT2D eigenvalue weighted by Crippen LogP contribution is 2.40. The van der Waals surface area contributed by atoms with E-state index in [4.69, 9.17) is 4.99 Å². The van der Waals surface area contributed by atoms with Gasteiger partial charge in [-0.25, -0.2) is 4.68 Å². The first-order valence-electron chi connectivity index (χ1n) is 8.40. The Kier molecular flexibility index (Phi) is 4.85. The highest BCUT2D eigenvalue weighted by molar-refractivity contribution is 7.07. The number of hydrogen-bond acceptors (Lipinski definition) is 6. The fourth-order valence-electron chi connectivity index (χ4n) is 2.30. The number of benzene rings is 1. The molecule has 0 aliphatic heterocycles. The summed E-state index contributed by atoms with van der Waals surface area (Å²) < 4.78 is 1.82. The van der Waals surface area contributed by atoms with Gasteiger partial charge in [-0.1, -0.05) is 13.8 Å². The van der Waals surface area contributed by atoms with Gasteiger partial charge >= 0.3 is 0 Å². The van der Waals surface area contributed by atoms with Crippen LogP contribution in [0.3, 0.4) is 0 Å². The van der Waals surface area contributed by atoms with Crippen molar-refractivity contribution in [3.05, 3.63) is 33.6 Å². The topological polar surface area (TPSA) is 90.3 Å². The summed E-state index contributed by atoms with van der Waals surface area (Å²) in [4.78, 5) is 5.59. The molecule has 1 unspecified atom stereocenters. The molecule has 1 aromatic heterocycles. The summed E-state index contributed by atoms with van der Waals surface area (Å²) in [7, 11) is 0. The largest absolute Gasteiger partial charge is 0.507 e. The van der Waals surface area contributed by atoms with Crippen LogP contribution in [0.25, 0.3) is 0 Å². The smallest absolute Gasteiger partial charge is 0.206 e. The molecule has 3 N–H and O–H groups in total. The lowest BCUT2D eigenvalue weighted by Crippen LogP contribution is -2.19. The van der Waals surface area contributed by atoms with Crippen molar-refractivity contribution in [3.8, 4) is 17.2 Å². The number of hydrogen-bond donors (Lipinski definition) is 3. The molecule has 1 aliphatic carbocycles. The lowest BCUT2D eigenvalue weighted by atomic mass is 10.1. The van der Waals surface area contributed by atoms with Crippen LogP contribution >= 0.6 is 11.3 Å². The van der Waals surface area contributed by atoms with Gasteiger partial charge in [0.2, 0.25) is 4.80 Å². The van der Waals surface area contributed by atoms with Crippen molar-refractivity contribution < 1.29 is 15.3 Å². The van der Waals surface area contributed by atoms with Gasteiger partial charge in [0, 0.05) is 22.9 Å². The van der Waals surface area contributed by atoms with Crippen molar-refractivity contribution in [2.45, 2.75) is 45.6 Å². The third kappa shape index (κ3) is 3.87. The molecule has 134 valence electrons. The predicted molar refractivity (Wildman–Crippen MR) is 98.6 cm³/mol. The van der Waals surface area contributed by atoms with Crippen molar-refractivity contribution in [2.24, 2.45) is 16.0 Å². The summed E-state index contributed by atoms with van der Waals surface area (Å²) >= 11 is 1.57. The molecule has 3 rings (SSSR count). The number of nitrogens with zero attached hydrogens (tertiary/aromatic N) is 3. The molecule has 0 amide bonds. The Labute approximate surface area is 150 Å². The van der Waals surface area contributed by atoms with Gasteiger partial charge in [-0.05, 0) is 31.7 Å². The second-order valence-corrected chi connectivity index (χ2v) is 7.62. The number of aromatic nitrogens is 1. The molecule has 1 atom stereocenters. The molecular formula is C18H23N3O3S. The van der Waals surface area contributed by atoms with Gasteiger partial charge in [0.25, 0.3) is 0 Å². The van der Waals surface area contributed by atoms with Crippen LogP contribution in [0.5, 0.6) is 17.2 Å². The SMILES string of the molecule is CC(C)C(C)N=c1scc(C2CC2)n1N=Cc1cc(O)c(O)cc1O. The zero-order valence-corrected chi connectivity index (χ0v) is 15.4. The third-order valence-electron chi connectivity index (χ3n) is 4.42. The monoisotopic (exact) mass is 361 g/mol. The molecular weight excluding hydrogens is 338 g/mol. The molecule has 2 aromatic rings. The quantitative estimate of drug-likeness (QED) is 0.433. The number of aromatic hydroxyl groups is 3. The van der Waals surface area contributed by atoms with E-state index in [1.807, 2.05) is 4.68 Å². The minimum atomic E-state index is -0.363. The summed E-state index contributed by atoms with van der Waals surface area (Å²) in [5.41, 5.74) is 1.46. The van der Waals surface area contributed by atoms with Crippen molar-refractivity contribution in [1.82, 2.24) is 4.68 Å². The Balaban J connectivity index is 2.01. The molecule has 0 spiro atoms. The lowest BCUT2D eigenvalue weighted by molar-refractivity contribution is 0.396. The van der Waals surface area contributed by atoms with Crippen LogP contribution in [0, 0.1) is 5.92 Å². The molecule has 0 radical (unpaired) electrons. The van der Waals surface area contributed by atoms with Crippen molar-refractivity contribution in [3.63, 3.8) is 0 Å². The van der Waals surface area contributed by atoms with Gasteiger partial charge in [-0.2, -0.15) is 5.10 Å². The summed E-state index contributed by atoms with van der Waals surface area (Å²) in [6.07, 6.45) is 3.78. The summed E-state index contributed by atoms with van der Waals surface area (Å²) in [5, 5.41) is 35.6. The zero-order valence-electron chi connectivity index (χ0n) is 14.5. The van der Waals surface area contributed by atoms with Crippen molar-refractivity contribution >= 4 is 17.6 Å². The number of phenols is 3.